The van der Waals surface area contributed by atoms with E-state index < -0.39 is 0 Å². The summed E-state index contributed by atoms with van der Waals surface area (Å²) in [5.41, 5.74) is 0.872. The van der Waals surface area contributed by atoms with Crippen molar-refractivity contribution in [3.05, 3.63) is 53.2 Å². The summed E-state index contributed by atoms with van der Waals surface area (Å²) in [6.45, 7) is 0.372. The van der Waals surface area contributed by atoms with Crippen LogP contribution in [-0.4, -0.2) is 24.3 Å². The molecular formula is C19H21FN2O2S. The lowest BCUT2D eigenvalue weighted by atomic mass is 10.0. The molecule has 1 amide bonds. The van der Waals surface area contributed by atoms with Gasteiger partial charge in [-0.3, -0.25) is 4.90 Å². The van der Waals surface area contributed by atoms with Crippen molar-refractivity contribution in [2.24, 2.45) is 0 Å². The van der Waals surface area contributed by atoms with Crippen molar-refractivity contribution in [3.63, 3.8) is 0 Å². The Morgan fingerprint density at radius 1 is 1.20 bits per heavy atom. The van der Waals surface area contributed by atoms with E-state index in [9.17, 15) is 9.18 Å². The summed E-state index contributed by atoms with van der Waals surface area (Å²) in [7, 11) is 0. The number of carbonyl (C=O) groups excluding carboxylic acids is 1. The molecule has 6 heteroatoms. The van der Waals surface area contributed by atoms with Gasteiger partial charge in [-0.15, -0.1) is 11.3 Å². The first kappa shape index (κ1) is 16.5. The number of benzene rings is 1. The molecule has 0 radical (unpaired) electrons. The maximum atomic E-state index is 13.1. The van der Waals surface area contributed by atoms with E-state index in [1.807, 2.05) is 17.5 Å². The Bertz CT molecular complexity index is 708. The fourth-order valence-corrected chi connectivity index (χ4v) is 4.46. The van der Waals surface area contributed by atoms with Crippen molar-refractivity contribution in [2.45, 2.75) is 50.4 Å². The fraction of sp³-hybridized carbons (Fsp3) is 0.421. The second-order valence-corrected chi connectivity index (χ2v) is 7.71. The predicted octanol–water partition coefficient (Wildman–Crippen LogP) is 4.31. The summed E-state index contributed by atoms with van der Waals surface area (Å²) in [4.78, 5) is 14.5. The van der Waals surface area contributed by atoms with Crippen LogP contribution in [0.25, 0.3) is 0 Å². The van der Waals surface area contributed by atoms with Gasteiger partial charge < -0.3 is 10.1 Å². The number of nitrogens with zero attached hydrogens (tertiary/aromatic N) is 1. The van der Waals surface area contributed by atoms with E-state index in [0.717, 1.165) is 23.4 Å². The molecule has 0 saturated carbocycles. The van der Waals surface area contributed by atoms with Crippen LogP contribution in [0.2, 0.25) is 0 Å². The lowest BCUT2D eigenvalue weighted by Gasteiger charge is -2.30. The molecule has 4 nitrogen and oxygen atoms in total. The van der Waals surface area contributed by atoms with E-state index in [0.29, 0.717) is 18.6 Å². The van der Waals surface area contributed by atoms with Crippen molar-refractivity contribution in [1.82, 2.24) is 5.32 Å². The smallest absolute Gasteiger partial charge is 0.415 e. The van der Waals surface area contributed by atoms with Gasteiger partial charge in [-0.1, -0.05) is 12.1 Å². The van der Waals surface area contributed by atoms with Crippen LogP contribution in [0.1, 0.15) is 31.2 Å². The molecule has 1 unspecified atom stereocenters. The Morgan fingerprint density at radius 2 is 1.92 bits per heavy atom. The van der Waals surface area contributed by atoms with Gasteiger partial charge in [-0.25, -0.2) is 9.18 Å². The number of thiophene rings is 1. The van der Waals surface area contributed by atoms with Crippen molar-refractivity contribution in [3.8, 4) is 0 Å². The highest BCUT2D eigenvalue weighted by atomic mass is 32.1. The van der Waals surface area contributed by atoms with E-state index in [-0.39, 0.29) is 18.0 Å². The minimum absolute atomic E-state index is 0.0260. The number of fused-ring (bicyclic) bond motifs is 2. The molecule has 2 bridgehead atoms. The number of hydrogen-bond donors (Lipinski definition) is 1. The molecule has 2 aromatic rings. The Labute approximate surface area is 150 Å². The molecule has 132 valence electrons. The highest BCUT2D eigenvalue weighted by molar-refractivity contribution is 7.14. The molecule has 25 heavy (non-hydrogen) atoms. The van der Waals surface area contributed by atoms with Crippen molar-refractivity contribution < 1.29 is 13.9 Å². The van der Waals surface area contributed by atoms with Gasteiger partial charge in [0.2, 0.25) is 0 Å². The van der Waals surface area contributed by atoms with Crippen LogP contribution >= 0.6 is 11.3 Å². The van der Waals surface area contributed by atoms with Crippen molar-refractivity contribution in [1.29, 1.82) is 0 Å². The number of halogens is 1. The Kier molecular flexibility index (Phi) is 4.72. The van der Waals surface area contributed by atoms with E-state index >= 15 is 0 Å². The van der Waals surface area contributed by atoms with Crippen LogP contribution in [0, 0.1) is 5.82 Å². The third kappa shape index (κ3) is 3.85. The Morgan fingerprint density at radius 3 is 2.56 bits per heavy atom. The molecule has 3 heterocycles. The summed E-state index contributed by atoms with van der Waals surface area (Å²) in [6.07, 6.45) is 3.76. The second-order valence-electron chi connectivity index (χ2n) is 6.78. The molecule has 0 spiro atoms. The van der Waals surface area contributed by atoms with Crippen molar-refractivity contribution >= 4 is 22.4 Å². The molecule has 0 aliphatic carbocycles. The molecule has 1 N–H and O–H groups in total. The zero-order chi connectivity index (χ0) is 17.2. The van der Waals surface area contributed by atoms with Gasteiger partial charge >= 0.3 is 6.09 Å². The minimum Gasteiger partial charge on any atom is -0.446 e. The molecule has 2 saturated heterocycles. The molecule has 3 atom stereocenters. The summed E-state index contributed by atoms with van der Waals surface area (Å²) >= 11 is 1.50. The lowest BCUT2D eigenvalue weighted by molar-refractivity contribution is 0.0720. The first-order valence-corrected chi connectivity index (χ1v) is 9.57. The maximum absolute atomic E-state index is 13.1. The van der Waals surface area contributed by atoms with Crippen LogP contribution in [0.4, 0.5) is 14.2 Å². The van der Waals surface area contributed by atoms with Gasteiger partial charge in [0.05, 0.1) is 6.54 Å². The molecule has 2 aliphatic heterocycles. The SMILES string of the molecule is O=C(OC1C[C@H]2CC[C@@H](C1)N2)N(Cc1ccc(F)cc1)c1cccs1. The highest BCUT2D eigenvalue weighted by Gasteiger charge is 2.36. The van der Waals surface area contributed by atoms with E-state index in [4.69, 9.17) is 4.74 Å². The lowest BCUT2D eigenvalue weighted by Crippen LogP contribution is -2.44. The molecule has 1 aromatic carbocycles. The number of carbonyl (C=O) groups is 1. The van der Waals surface area contributed by atoms with Gasteiger partial charge in [-0.05, 0) is 60.9 Å². The van der Waals surface area contributed by atoms with E-state index in [1.165, 1.54) is 36.3 Å². The molecular weight excluding hydrogens is 339 g/mol. The minimum atomic E-state index is -0.321. The number of piperidine rings is 1. The van der Waals surface area contributed by atoms with Crippen LogP contribution in [0.5, 0.6) is 0 Å². The number of anilines is 1. The van der Waals surface area contributed by atoms with Crippen LogP contribution in [0.3, 0.4) is 0 Å². The average Bonchev–Trinajstić information content (AvgIpc) is 3.24. The van der Waals surface area contributed by atoms with E-state index in [2.05, 4.69) is 5.32 Å². The topological polar surface area (TPSA) is 41.6 Å². The Hall–Kier alpha value is -1.92. The summed E-state index contributed by atoms with van der Waals surface area (Å²) in [5, 5.41) is 6.33. The largest absolute Gasteiger partial charge is 0.446 e. The van der Waals surface area contributed by atoms with Gasteiger partial charge in [0.25, 0.3) is 0 Å². The van der Waals surface area contributed by atoms with Gasteiger partial charge in [0.15, 0.2) is 0 Å². The first-order valence-electron chi connectivity index (χ1n) is 8.69. The normalized spacial score (nSPS) is 24.9. The zero-order valence-electron chi connectivity index (χ0n) is 13.9. The van der Waals surface area contributed by atoms with Gasteiger partial charge in [-0.2, -0.15) is 0 Å². The molecule has 2 aliphatic rings. The molecule has 4 rings (SSSR count). The van der Waals surface area contributed by atoms with Crippen LogP contribution in [-0.2, 0) is 11.3 Å². The number of hydrogen-bond acceptors (Lipinski definition) is 4. The zero-order valence-corrected chi connectivity index (χ0v) is 14.7. The molecule has 2 fully saturated rings. The highest BCUT2D eigenvalue weighted by Crippen LogP contribution is 2.30. The van der Waals surface area contributed by atoms with Crippen LogP contribution < -0.4 is 10.2 Å². The Balaban J connectivity index is 1.47. The van der Waals surface area contributed by atoms with Crippen molar-refractivity contribution in [2.75, 3.05) is 4.90 Å². The summed E-state index contributed by atoms with van der Waals surface area (Å²) < 4.78 is 19.0. The third-order valence-electron chi connectivity index (χ3n) is 4.94. The average molecular weight is 360 g/mol. The molecule has 1 aromatic heterocycles. The maximum Gasteiger partial charge on any atom is 0.415 e. The summed E-state index contributed by atoms with van der Waals surface area (Å²) in [6, 6.07) is 11.0. The monoisotopic (exact) mass is 360 g/mol. The number of ether oxygens (including phenoxy) is 1. The standard InChI is InChI=1S/C19H21FN2O2S/c20-14-5-3-13(4-6-14)12-22(18-2-1-9-25-18)19(23)24-17-10-15-7-8-16(11-17)21-15/h1-6,9,15-17,21H,7-8,10-12H2/t15-,16+,17?. The number of amides is 1. The van der Waals surface area contributed by atoms with Crippen LogP contribution in [0.15, 0.2) is 41.8 Å². The number of nitrogens with one attached hydrogen (secondary N) is 1. The van der Waals surface area contributed by atoms with Gasteiger partial charge in [0.1, 0.15) is 16.9 Å². The fourth-order valence-electron chi connectivity index (χ4n) is 3.74. The first-order chi connectivity index (χ1) is 12.2. The summed E-state index contributed by atoms with van der Waals surface area (Å²) in [5.74, 6) is -0.279. The number of rotatable bonds is 4. The predicted molar refractivity (Wildman–Crippen MR) is 96.4 cm³/mol. The van der Waals surface area contributed by atoms with Gasteiger partial charge in [0, 0.05) is 12.1 Å². The quantitative estimate of drug-likeness (QED) is 0.883. The van der Waals surface area contributed by atoms with E-state index in [1.54, 1.807) is 17.0 Å². The second kappa shape index (κ2) is 7.14. The third-order valence-corrected chi connectivity index (χ3v) is 5.83.